The summed E-state index contributed by atoms with van der Waals surface area (Å²) in [6, 6.07) is 4.70. The van der Waals surface area contributed by atoms with Gasteiger partial charge in [0.25, 0.3) is 0 Å². The van der Waals surface area contributed by atoms with Gasteiger partial charge in [0.05, 0.1) is 5.56 Å². The zero-order valence-corrected chi connectivity index (χ0v) is 10.9. The lowest BCUT2D eigenvalue weighted by molar-refractivity contribution is 0.0989. The third kappa shape index (κ3) is 2.79. The van der Waals surface area contributed by atoms with Gasteiger partial charge in [-0.25, -0.2) is 8.78 Å². The van der Waals surface area contributed by atoms with Crippen LogP contribution < -0.4 is 0 Å². The second-order valence-corrected chi connectivity index (χ2v) is 5.27. The predicted molar refractivity (Wildman–Crippen MR) is 66.4 cm³/mol. The maximum absolute atomic E-state index is 13.4. The van der Waals surface area contributed by atoms with Crippen molar-refractivity contribution >= 4 is 33.0 Å². The molecule has 0 saturated carbocycles. The van der Waals surface area contributed by atoms with E-state index >= 15 is 0 Å². The maximum Gasteiger partial charge on any atom is 0.171 e. The highest BCUT2D eigenvalue weighted by Crippen LogP contribution is 2.24. The molecule has 0 atom stereocenters. The van der Waals surface area contributed by atoms with E-state index in [9.17, 15) is 13.6 Å². The highest BCUT2D eigenvalue weighted by atomic mass is 79.9. The number of thiophene rings is 1. The molecule has 0 spiro atoms. The van der Waals surface area contributed by atoms with Crippen molar-refractivity contribution in [3.05, 3.63) is 56.2 Å². The average molecular weight is 317 g/mol. The first kappa shape index (κ1) is 12.4. The van der Waals surface area contributed by atoms with Gasteiger partial charge >= 0.3 is 0 Å². The van der Waals surface area contributed by atoms with Crippen LogP contribution in [0.2, 0.25) is 0 Å². The van der Waals surface area contributed by atoms with Gasteiger partial charge in [-0.05, 0) is 45.6 Å². The Morgan fingerprint density at radius 2 is 2.06 bits per heavy atom. The van der Waals surface area contributed by atoms with E-state index in [1.54, 1.807) is 0 Å². The molecule has 0 aliphatic carbocycles. The van der Waals surface area contributed by atoms with E-state index in [4.69, 9.17) is 0 Å². The lowest BCUT2D eigenvalue weighted by Gasteiger charge is -2.02. The van der Waals surface area contributed by atoms with Crippen molar-refractivity contribution in [1.82, 2.24) is 0 Å². The van der Waals surface area contributed by atoms with Crippen LogP contribution >= 0.6 is 27.3 Å². The molecule has 5 heteroatoms. The van der Waals surface area contributed by atoms with Crippen molar-refractivity contribution in [2.45, 2.75) is 6.42 Å². The van der Waals surface area contributed by atoms with Gasteiger partial charge in [-0.3, -0.25) is 4.79 Å². The van der Waals surface area contributed by atoms with Crippen molar-refractivity contribution in [1.29, 1.82) is 0 Å². The minimum Gasteiger partial charge on any atom is -0.294 e. The van der Waals surface area contributed by atoms with Gasteiger partial charge in [-0.15, -0.1) is 11.3 Å². The SMILES string of the molecule is O=C(Cc1sccc1Br)c1cc(F)ccc1F. The zero-order valence-electron chi connectivity index (χ0n) is 8.54. The smallest absolute Gasteiger partial charge is 0.171 e. The molecule has 1 aromatic carbocycles. The van der Waals surface area contributed by atoms with Crippen LogP contribution in [0.15, 0.2) is 34.1 Å². The summed E-state index contributed by atoms with van der Waals surface area (Å²) in [5.41, 5.74) is -0.203. The molecule has 0 aliphatic rings. The molecule has 2 aromatic rings. The van der Waals surface area contributed by atoms with Crippen molar-refractivity contribution in [3.8, 4) is 0 Å². The number of ketones is 1. The Morgan fingerprint density at radius 3 is 2.71 bits per heavy atom. The molecule has 1 aromatic heterocycles. The number of benzene rings is 1. The number of Topliss-reactive ketones (excluding diaryl/α,β-unsaturated/α-hetero) is 1. The summed E-state index contributed by atoms with van der Waals surface area (Å²) < 4.78 is 27.1. The lowest BCUT2D eigenvalue weighted by atomic mass is 10.1. The molecule has 0 saturated heterocycles. The second kappa shape index (κ2) is 5.06. The summed E-state index contributed by atoms with van der Waals surface area (Å²) in [5.74, 6) is -1.73. The number of carbonyl (C=O) groups is 1. The molecule has 2 rings (SSSR count). The minimum atomic E-state index is -0.691. The van der Waals surface area contributed by atoms with Crippen LogP contribution in [-0.2, 0) is 6.42 Å². The van der Waals surface area contributed by atoms with Crippen LogP contribution in [0.4, 0.5) is 8.78 Å². The van der Waals surface area contributed by atoms with Gasteiger partial charge in [-0.1, -0.05) is 0 Å². The fraction of sp³-hybridized carbons (Fsp3) is 0.0833. The Kier molecular flexibility index (Phi) is 3.69. The highest BCUT2D eigenvalue weighted by Gasteiger charge is 2.15. The summed E-state index contributed by atoms with van der Waals surface area (Å²) in [7, 11) is 0. The molecule has 0 aliphatic heterocycles. The molecule has 0 fully saturated rings. The van der Waals surface area contributed by atoms with E-state index in [-0.39, 0.29) is 12.0 Å². The van der Waals surface area contributed by atoms with Crippen LogP contribution in [-0.4, -0.2) is 5.78 Å². The Morgan fingerprint density at radius 1 is 1.29 bits per heavy atom. The van der Waals surface area contributed by atoms with Crippen molar-refractivity contribution in [3.63, 3.8) is 0 Å². The van der Waals surface area contributed by atoms with E-state index in [1.165, 1.54) is 11.3 Å². The van der Waals surface area contributed by atoms with Gasteiger partial charge in [0.15, 0.2) is 5.78 Å². The summed E-state index contributed by atoms with van der Waals surface area (Å²) >= 11 is 4.69. The van der Waals surface area contributed by atoms with E-state index in [2.05, 4.69) is 15.9 Å². The van der Waals surface area contributed by atoms with Crippen LogP contribution in [0.25, 0.3) is 0 Å². The number of carbonyl (C=O) groups excluding carboxylic acids is 1. The average Bonchev–Trinajstić information content (AvgIpc) is 2.68. The summed E-state index contributed by atoms with van der Waals surface area (Å²) in [6.07, 6.45) is 0.0681. The molecule has 88 valence electrons. The van der Waals surface area contributed by atoms with Gasteiger partial charge < -0.3 is 0 Å². The van der Waals surface area contributed by atoms with Gasteiger partial charge in [-0.2, -0.15) is 0 Å². The molecule has 0 radical (unpaired) electrons. The molecule has 0 unspecified atom stereocenters. The second-order valence-electron chi connectivity index (χ2n) is 3.42. The monoisotopic (exact) mass is 316 g/mol. The van der Waals surface area contributed by atoms with Crippen LogP contribution in [0.5, 0.6) is 0 Å². The first-order chi connectivity index (χ1) is 8.08. The molecule has 0 bridgehead atoms. The molecular formula is C12H7BrF2OS. The summed E-state index contributed by atoms with van der Waals surface area (Å²) in [4.78, 5) is 12.6. The highest BCUT2D eigenvalue weighted by molar-refractivity contribution is 9.10. The predicted octanol–water partition coefficient (Wildman–Crippen LogP) is 4.21. The fourth-order valence-corrected chi connectivity index (χ4v) is 2.89. The lowest BCUT2D eigenvalue weighted by Crippen LogP contribution is -2.06. The largest absolute Gasteiger partial charge is 0.294 e. The molecule has 1 nitrogen and oxygen atoms in total. The number of hydrogen-bond donors (Lipinski definition) is 0. The van der Waals surface area contributed by atoms with Gasteiger partial charge in [0.2, 0.25) is 0 Å². The van der Waals surface area contributed by atoms with Crippen molar-refractivity contribution in [2.75, 3.05) is 0 Å². The fourth-order valence-electron chi connectivity index (χ4n) is 1.40. The van der Waals surface area contributed by atoms with Gasteiger partial charge in [0, 0.05) is 15.8 Å². The van der Waals surface area contributed by atoms with Crippen molar-refractivity contribution in [2.24, 2.45) is 0 Å². The minimum absolute atomic E-state index is 0.0681. The van der Waals surface area contributed by atoms with Crippen LogP contribution in [0.1, 0.15) is 15.2 Å². The number of rotatable bonds is 3. The maximum atomic E-state index is 13.4. The molecular weight excluding hydrogens is 310 g/mol. The number of halogens is 3. The van der Waals surface area contributed by atoms with E-state index in [0.29, 0.717) is 0 Å². The first-order valence-electron chi connectivity index (χ1n) is 4.78. The summed E-state index contributed by atoms with van der Waals surface area (Å²) in [5, 5.41) is 1.83. The summed E-state index contributed by atoms with van der Waals surface area (Å²) in [6.45, 7) is 0. The quantitative estimate of drug-likeness (QED) is 0.775. The topological polar surface area (TPSA) is 17.1 Å². The zero-order chi connectivity index (χ0) is 12.4. The molecule has 1 heterocycles. The Hall–Kier alpha value is -1.07. The normalized spacial score (nSPS) is 10.5. The third-order valence-electron chi connectivity index (χ3n) is 2.24. The molecule has 0 N–H and O–H groups in total. The van der Waals surface area contributed by atoms with Gasteiger partial charge in [0.1, 0.15) is 11.6 Å². The van der Waals surface area contributed by atoms with Crippen LogP contribution in [0, 0.1) is 11.6 Å². The number of hydrogen-bond acceptors (Lipinski definition) is 2. The third-order valence-corrected chi connectivity index (χ3v) is 4.17. The van der Waals surface area contributed by atoms with E-state index in [1.807, 2.05) is 11.4 Å². The molecule has 0 amide bonds. The Labute approximate surface area is 109 Å². The van der Waals surface area contributed by atoms with Crippen molar-refractivity contribution < 1.29 is 13.6 Å². The Bertz CT molecular complexity index is 565. The van der Waals surface area contributed by atoms with E-state index in [0.717, 1.165) is 27.5 Å². The Balaban J connectivity index is 2.26. The van der Waals surface area contributed by atoms with E-state index < -0.39 is 17.4 Å². The first-order valence-corrected chi connectivity index (χ1v) is 6.45. The molecule has 17 heavy (non-hydrogen) atoms. The standard InChI is InChI=1S/C12H7BrF2OS/c13-9-3-4-17-12(9)6-11(16)8-5-7(14)1-2-10(8)15/h1-5H,6H2. The van der Waals surface area contributed by atoms with Crippen LogP contribution in [0.3, 0.4) is 0 Å².